The van der Waals surface area contributed by atoms with E-state index in [9.17, 15) is 0 Å². The van der Waals surface area contributed by atoms with Crippen LogP contribution < -0.4 is 14.2 Å². The molecule has 0 N–H and O–H groups in total. The Kier molecular flexibility index (Phi) is 5.17. The molecule has 3 aromatic carbocycles. The highest BCUT2D eigenvalue weighted by atomic mass is 16.5. The van der Waals surface area contributed by atoms with Crippen molar-refractivity contribution in [2.24, 2.45) is 0 Å². The van der Waals surface area contributed by atoms with Gasteiger partial charge in [-0.15, -0.1) is 0 Å². The number of para-hydroxylation sites is 1. The molecule has 0 fully saturated rings. The van der Waals surface area contributed by atoms with Gasteiger partial charge in [-0.1, -0.05) is 54.6 Å². The second-order valence-corrected chi connectivity index (χ2v) is 6.26. The molecular weight excluding hydrogens is 324 g/mol. The smallest absolute Gasteiger partial charge is 0.126 e. The molecule has 26 heavy (non-hydrogen) atoms. The molecule has 0 aromatic heterocycles. The summed E-state index contributed by atoms with van der Waals surface area (Å²) in [5.74, 6) is 2.39. The van der Waals surface area contributed by atoms with Crippen LogP contribution in [-0.4, -0.2) is 21.3 Å². The highest BCUT2D eigenvalue weighted by molar-refractivity contribution is 5.59. The van der Waals surface area contributed by atoms with Crippen LogP contribution in [-0.2, 0) is 5.41 Å². The molecule has 134 valence electrons. The number of hydrogen-bond donors (Lipinski definition) is 0. The summed E-state index contributed by atoms with van der Waals surface area (Å²) in [7, 11) is 5.05. The zero-order chi connectivity index (χ0) is 18.6. The van der Waals surface area contributed by atoms with Crippen LogP contribution in [0.4, 0.5) is 0 Å². The Hall–Kier alpha value is -2.94. The van der Waals surface area contributed by atoms with Crippen molar-refractivity contribution in [1.82, 2.24) is 0 Å². The molecule has 0 radical (unpaired) electrons. The highest BCUT2D eigenvalue weighted by Gasteiger charge is 2.36. The number of benzene rings is 3. The van der Waals surface area contributed by atoms with Crippen molar-refractivity contribution < 1.29 is 14.2 Å². The van der Waals surface area contributed by atoms with Crippen molar-refractivity contribution in [3.05, 3.63) is 89.5 Å². The minimum absolute atomic E-state index is 0.453. The normalized spacial score (nSPS) is 12.9. The summed E-state index contributed by atoms with van der Waals surface area (Å²) in [5.41, 5.74) is 2.84. The summed E-state index contributed by atoms with van der Waals surface area (Å²) in [6.45, 7) is 2.20. The fourth-order valence-corrected chi connectivity index (χ4v) is 3.50. The van der Waals surface area contributed by atoms with Crippen molar-refractivity contribution >= 4 is 0 Å². The van der Waals surface area contributed by atoms with Gasteiger partial charge in [0.25, 0.3) is 0 Å². The standard InChI is InChI=1S/C23H24O3/c1-23(17-10-6-5-7-11-17,19-12-8-9-13-21(19)25-3)20-15-14-18(24-2)16-22(20)26-4/h5-16H,1-4H3. The lowest BCUT2D eigenvalue weighted by Crippen LogP contribution is -2.26. The molecule has 0 aliphatic heterocycles. The van der Waals surface area contributed by atoms with Gasteiger partial charge in [-0.25, -0.2) is 0 Å². The van der Waals surface area contributed by atoms with Crippen molar-refractivity contribution in [2.75, 3.05) is 21.3 Å². The van der Waals surface area contributed by atoms with E-state index in [1.807, 2.05) is 36.4 Å². The van der Waals surface area contributed by atoms with Crippen molar-refractivity contribution in [3.8, 4) is 17.2 Å². The fourth-order valence-electron chi connectivity index (χ4n) is 3.50. The van der Waals surface area contributed by atoms with Crippen LogP contribution in [0.2, 0.25) is 0 Å². The van der Waals surface area contributed by atoms with E-state index in [-0.39, 0.29) is 0 Å². The molecule has 3 nitrogen and oxygen atoms in total. The molecule has 3 rings (SSSR count). The maximum atomic E-state index is 5.73. The molecule has 0 aliphatic carbocycles. The Morgan fingerprint density at radius 1 is 0.615 bits per heavy atom. The SMILES string of the molecule is COc1ccc(C(C)(c2ccccc2)c2ccccc2OC)c(OC)c1. The first-order chi connectivity index (χ1) is 12.6. The van der Waals surface area contributed by atoms with Crippen LogP contribution in [0.5, 0.6) is 17.2 Å². The van der Waals surface area contributed by atoms with Gasteiger partial charge in [-0.3, -0.25) is 0 Å². The molecule has 3 heteroatoms. The van der Waals surface area contributed by atoms with Gasteiger partial charge in [0.15, 0.2) is 0 Å². The quantitative estimate of drug-likeness (QED) is 0.582. The Morgan fingerprint density at radius 3 is 1.88 bits per heavy atom. The summed E-state index contributed by atoms with van der Waals surface area (Å²) in [5, 5.41) is 0. The van der Waals surface area contributed by atoms with Gasteiger partial charge >= 0.3 is 0 Å². The lowest BCUT2D eigenvalue weighted by molar-refractivity contribution is 0.382. The molecule has 0 aliphatic rings. The summed E-state index contributed by atoms with van der Waals surface area (Å²) in [4.78, 5) is 0. The van der Waals surface area contributed by atoms with Crippen LogP contribution in [0.25, 0.3) is 0 Å². The third kappa shape index (κ3) is 3.01. The number of rotatable bonds is 6. The Balaban J connectivity index is 2.33. The zero-order valence-corrected chi connectivity index (χ0v) is 15.7. The van der Waals surface area contributed by atoms with Crippen LogP contribution in [0.3, 0.4) is 0 Å². The minimum Gasteiger partial charge on any atom is -0.497 e. The van der Waals surface area contributed by atoms with Crippen molar-refractivity contribution in [3.63, 3.8) is 0 Å². The van der Waals surface area contributed by atoms with E-state index in [1.54, 1.807) is 21.3 Å². The average molecular weight is 348 g/mol. The van der Waals surface area contributed by atoms with Gasteiger partial charge in [0.2, 0.25) is 0 Å². The summed E-state index contributed by atoms with van der Waals surface area (Å²) in [6.07, 6.45) is 0. The molecule has 0 amide bonds. The largest absolute Gasteiger partial charge is 0.497 e. The molecule has 1 unspecified atom stereocenters. The molecule has 3 aromatic rings. The van der Waals surface area contributed by atoms with E-state index in [0.29, 0.717) is 0 Å². The summed E-state index contributed by atoms with van der Waals surface area (Å²) < 4.78 is 16.8. The van der Waals surface area contributed by atoms with Gasteiger partial charge in [-0.2, -0.15) is 0 Å². The molecule has 0 spiro atoms. The maximum Gasteiger partial charge on any atom is 0.126 e. The van der Waals surface area contributed by atoms with Gasteiger partial charge < -0.3 is 14.2 Å². The Morgan fingerprint density at radius 2 is 1.23 bits per heavy atom. The zero-order valence-electron chi connectivity index (χ0n) is 15.7. The summed E-state index contributed by atoms with van der Waals surface area (Å²) in [6, 6.07) is 24.5. The third-order valence-electron chi connectivity index (χ3n) is 4.94. The van der Waals surface area contributed by atoms with E-state index in [0.717, 1.165) is 33.9 Å². The van der Waals surface area contributed by atoms with E-state index in [4.69, 9.17) is 14.2 Å². The highest BCUT2D eigenvalue weighted by Crippen LogP contribution is 2.46. The van der Waals surface area contributed by atoms with Crippen LogP contribution >= 0.6 is 0 Å². The van der Waals surface area contributed by atoms with Gasteiger partial charge in [0.1, 0.15) is 17.2 Å². The molecule has 0 saturated heterocycles. The Bertz CT molecular complexity index is 874. The van der Waals surface area contributed by atoms with E-state index >= 15 is 0 Å². The maximum absolute atomic E-state index is 5.73. The Labute approximate surface area is 155 Å². The van der Waals surface area contributed by atoms with Gasteiger partial charge in [0.05, 0.1) is 21.3 Å². The monoisotopic (exact) mass is 348 g/mol. The third-order valence-corrected chi connectivity index (χ3v) is 4.94. The fraction of sp³-hybridized carbons (Fsp3) is 0.217. The van der Waals surface area contributed by atoms with Gasteiger partial charge in [-0.05, 0) is 24.6 Å². The second-order valence-electron chi connectivity index (χ2n) is 6.26. The molecule has 1 atom stereocenters. The first kappa shape index (κ1) is 17.9. The summed E-state index contributed by atoms with van der Waals surface area (Å²) >= 11 is 0. The lowest BCUT2D eigenvalue weighted by Gasteiger charge is -2.34. The van der Waals surface area contributed by atoms with Crippen LogP contribution in [0.15, 0.2) is 72.8 Å². The number of hydrogen-bond acceptors (Lipinski definition) is 3. The number of ether oxygens (including phenoxy) is 3. The molecule has 0 bridgehead atoms. The predicted octanol–water partition coefficient (Wildman–Crippen LogP) is 5.07. The minimum atomic E-state index is -0.453. The molecule has 0 saturated carbocycles. The number of methoxy groups -OCH3 is 3. The van der Waals surface area contributed by atoms with E-state index in [2.05, 4.69) is 43.3 Å². The topological polar surface area (TPSA) is 27.7 Å². The molecule has 0 heterocycles. The van der Waals surface area contributed by atoms with E-state index < -0.39 is 5.41 Å². The van der Waals surface area contributed by atoms with Crippen LogP contribution in [0, 0.1) is 0 Å². The second kappa shape index (κ2) is 7.52. The van der Waals surface area contributed by atoms with Crippen molar-refractivity contribution in [1.29, 1.82) is 0 Å². The first-order valence-electron chi connectivity index (χ1n) is 8.56. The molecular formula is C23H24O3. The lowest BCUT2D eigenvalue weighted by atomic mass is 9.70. The van der Waals surface area contributed by atoms with Crippen molar-refractivity contribution in [2.45, 2.75) is 12.3 Å². The van der Waals surface area contributed by atoms with Gasteiger partial charge in [0, 0.05) is 22.6 Å². The van der Waals surface area contributed by atoms with Crippen LogP contribution in [0.1, 0.15) is 23.6 Å². The predicted molar refractivity (Wildman–Crippen MR) is 105 cm³/mol. The average Bonchev–Trinajstić information content (AvgIpc) is 2.73. The first-order valence-corrected chi connectivity index (χ1v) is 8.56. The van der Waals surface area contributed by atoms with E-state index in [1.165, 1.54) is 0 Å².